The molecule has 3 atom stereocenters. The van der Waals surface area contributed by atoms with Crippen molar-refractivity contribution in [1.29, 1.82) is 0 Å². The summed E-state index contributed by atoms with van der Waals surface area (Å²) >= 11 is 0. The molecule has 1 heterocycles. The van der Waals surface area contributed by atoms with Crippen LogP contribution >= 0.6 is 0 Å². The molecule has 0 aliphatic carbocycles. The standard InChI is InChI=1S/C23H30N2O4/c1-18-6-8-22(9-7-18)29-17-21(28)15-24(12-13-26)14-20(27)16-25-11-10-19-4-2-3-5-23(19)25/h2-11,20-21,26-28H,12-17H2,1H3/p+1/t20-,21-/m0/s1. The van der Waals surface area contributed by atoms with Crippen LogP contribution in [0, 0.1) is 6.92 Å². The maximum absolute atomic E-state index is 10.6. The molecule has 0 amide bonds. The van der Waals surface area contributed by atoms with Crippen molar-refractivity contribution in [1.82, 2.24) is 4.57 Å². The molecule has 4 N–H and O–H groups in total. The number of aliphatic hydroxyl groups excluding tert-OH is 3. The number of rotatable bonds is 11. The quantitative estimate of drug-likeness (QED) is 0.381. The van der Waals surface area contributed by atoms with Crippen molar-refractivity contribution in [3.05, 3.63) is 66.4 Å². The van der Waals surface area contributed by atoms with Crippen molar-refractivity contribution in [3.8, 4) is 5.75 Å². The summed E-state index contributed by atoms with van der Waals surface area (Å²) in [6, 6.07) is 17.8. The summed E-state index contributed by atoms with van der Waals surface area (Å²) in [5, 5.41) is 31.5. The molecule has 6 heteroatoms. The summed E-state index contributed by atoms with van der Waals surface area (Å²) in [5.74, 6) is 0.720. The molecule has 1 unspecified atom stereocenters. The largest absolute Gasteiger partial charge is 0.491 e. The van der Waals surface area contributed by atoms with E-state index in [1.807, 2.05) is 72.3 Å². The molecule has 0 bridgehead atoms. The van der Waals surface area contributed by atoms with Gasteiger partial charge in [-0.15, -0.1) is 0 Å². The first-order valence-electron chi connectivity index (χ1n) is 10.1. The van der Waals surface area contributed by atoms with Gasteiger partial charge in [0.2, 0.25) is 0 Å². The minimum Gasteiger partial charge on any atom is -0.491 e. The van der Waals surface area contributed by atoms with Crippen molar-refractivity contribution >= 4 is 10.9 Å². The Labute approximate surface area is 171 Å². The van der Waals surface area contributed by atoms with Gasteiger partial charge in [0, 0.05) is 11.7 Å². The van der Waals surface area contributed by atoms with Crippen LogP contribution < -0.4 is 9.64 Å². The summed E-state index contributed by atoms with van der Waals surface area (Å²) in [6.45, 7) is 3.96. The maximum atomic E-state index is 10.6. The SMILES string of the molecule is Cc1ccc(OC[C@@H](O)C[NH+](CCO)C[C@H](O)Cn2ccc3ccccc32)cc1. The van der Waals surface area contributed by atoms with Gasteiger partial charge in [-0.3, -0.25) is 0 Å². The van der Waals surface area contributed by atoms with E-state index in [2.05, 4.69) is 0 Å². The van der Waals surface area contributed by atoms with E-state index in [9.17, 15) is 15.3 Å². The Balaban J connectivity index is 1.51. The van der Waals surface area contributed by atoms with Crippen LogP contribution in [0.2, 0.25) is 0 Å². The van der Waals surface area contributed by atoms with E-state index < -0.39 is 12.2 Å². The predicted octanol–water partition coefficient (Wildman–Crippen LogP) is 0.628. The lowest BCUT2D eigenvalue weighted by Gasteiger charge is -2.24. The van der Waals surface area contributed by atoms with Crippen LogP contribution in [0.25, 0.3) is 10.9 Å². The molecular formula is C23H31N2O4+. The van der Waals surface area contributed by atoms with E-state index in [1.54, 1.807) is 0 Å². The number of ether oxygens (including phenoxy) is 1. The number of aromatic nitrogens is 1. The van der Waals surface area contributed by atoms with Gasteiger partial charge in [-0.1, -0.05) is 35.9 Å². The Bertz CT molecular complexity index is 878. The molecule has 2 aromatic carbocycles. The van der Waals surface area contributed by atoms with E-state index in [0.717, 1.165) is 27.1 Å². The smallest absolute Gasteiger partial charge is 0.137 e. The first-order chi connectivity index (χ1) is 14.0. The third-order valence-corrected chi connectivity index (χ3v) is 5.06. The number of benzene rings is 2. The average molecular weight is 400 g/mol. The lowest BCUT2D eigenvalue weighted by Crippen LogP contribution is -3.14. The molecule has 0 aliphatic rings. The van der Waals surface area contributed by atoms with E-state index >= 15 is 0 Å². The normalized spacial score (nSPS) is 14.6. The van der Waals surface area contributed by atoms with Crippen molar-refractivity contribution in [2.24, 2.45) is 0 Å². The third kappa shape index (κ3) is 6.30. The zero-order valence-electron chi connectivity index (χ0n) is 16.9. The van der Waals surface area contributed by atoms with Crippen molar-refractivity contribution in [3.63, 3.8) is 0 Å². The molecule has 0 spiro atoms. The van der Waals surface area contributed by atoms with Crippen LogP contribution in [0.4, 0.5) is 0 Å². The summed E-state index contributed by atoms with van der Waals surface area (Å²) in [5.41, 5.74) is 2.24. The number of nitrogens with one attached hydrogen (secondary N) is 1. The third-order valence-electron chi connectivity index (χ3n) is 5.06. The van der Waals surface area contributed by atoms with Gasteiger partial charge in [0.1, 0.15) is 44.2 Å². The lowest BCUT2D eigenvalue weighted by atomic mass is 10.2. The lowest BCUT2D eigenvalue weighted by molar-refractivity contribution is -0.906. The fourth-order valence-corrected chi connectivity index (χ4v) is 3.59. The van der Waals surface area contributed by atoms with Gasteiger partial charge < -0.3 is 29.5 Å². The highest BCUT2D eigenvalue weighted by Gasteiger charge is 2.20. The van der Waals surface area contributed by atoms with Gasteiger partial charge in [-0.05, 0) is 36.6 Å². The molecule has 0 radical (unpaired) electrons. The average Bonchev–Trinajstić information content (AvgIpc) is 3.10. The zero-order chi connectivity index (χ0) is 20.6. The Morgan fingerprint density at radius 1 is 0.966 bits per heavy atom. The van der Waals surface area contributed by atoms with Gasteiger partial charge in [0.25, 0.3) is 0 Å². The molecular weight excluding hydrogens is 368 g/mol. The van der Waals surface area contributed by atoms with E-state index in [-0.39, 0.29) is 13.2 Å². The fourth-order valence-electron chi connectivity index (χ4n) is 3.59. The van der Waals surface area contributed by atoms with Crippen LogP contribution in [0.5, 0.6) is 5.75 Å². The summed E-state index contributed by atoms with van der Waals surface area (Å²) in [7, 11) is 0. The topological polar surface area (TPSA) is 79.3 Å². The van der Waals surface area contributed by atoms with Crippen molar-refractivity contribution in [2.75, 3.05) is 32.8 Å². The van der Waals surface area contributed by atoms with Crippen LogP contribution in [-0.4, -0.2) is 64.9 Å². The highest BCUT2D eigenvalue weighted by molar-refractivity contribution is 5.79. The van der Waals surface area contributed by atoms with Gasteiger partial charge in [-0.25, -0.2) is 0 Å². The molecule has 3 aromatic rings. The Hall–Kier alpha value is -2.38. The van der Waals surface area contributed by atoms with Crippen LogP contribution in [0.1, 0.15) is 5.56 Å². The van der Waals surface area contributed by atoms with E-state index in [4.69, 9.17) is 4.74 Å². The maximum Gasteiger partial charge on any atom is 0.137 e. The predicted molar refractivity (Wildman–Crippen MR) is 113 cm³/mol. The van der Waals surface area contributed by atoms with Crippen LogP contribution in [-0.2, 0) is 6.54 Å². The summed E-state index contributed by atoms with van der Waals surface area (Å²) in [6.07, 6.45) is 0.708. The first kappa shape index (κ1) is 21.3. The van der Waals surface area contributed by atoms with Crippen LogP contribution in [0.3, 0.4) is 0 Å². The van der Waals surface area contributed by atoms with E-state index in [1.165, 1.54) is 0 Å². The molecule has 0 saturated carbocycles. The van der Waals surface area contributed by atoms with Crippen molar-refractivity contribution < 1.29 is 25.0 Å². The second-order valence-electron chi connectivity index (χ2n) is 7.59. The van der Waals surface area contributed by atoms with Gasteiger partial charge in [0.15, 0.2) is 0 Å². The second kappa shape index (κ2) is 10.4. The summed E-state index contributed by atoms with van der Waals surface area (Å²) < 4.78 is 7.68. The molecule has 1 aromatic heterocycles. The monoisotopic (exact) mass is 399 g/mol. The first-order valence-corrected chi connectivity index (χ1v) is 10.1. The highest BCUT2D eigenvalue weighted by atomic mass is 16.5. The molecule has 156 valence electrons. The minimum absolute atomic E-state index is 0.0000427. The number of para-hydroxylation sites is 1. The fraction of sp³-hybridized carbons (Fsp3) is 0.391. The van der Waals surface area contributed by atoms with E-state index in [0.29, 0.717) is 26.2 Å². The number of fused-ring (bicyclic) bond motifs is 1. The Kier molecular flexibility index (Phi) is 7.66. The molecule has 0 saturated heterocycles. The number of nitrogens with zero attached hydrogens (tertiary/aromatic N) is 1. The minimum atomic E-state index is -0.683. The number of quaternary nitrogens is 1. The molecule has 29 heavy (non-hydrogen) atoms. The van der Waals surface area contributed by atoms with Gasteiger partial charge in [0.05, 0.1) is 13.2 Å². The molecule has 0 aliphatic heterocycles. The van der Waals surface area contributed by atoms with Gasteiger partial charge in [-0.2, -0.15) is 0 Å². The second-order valence-corrected chi connectivity index (χ2v) is 7.59. The number of aliphatic hydroxyl groups is 3. The summed E-state index contributed by atoms with van der Waals surface area (Å²) in [4.78, 5) is 0.941. The number of hydrogen-bond acceptors (Lipinski definition) is 4. The molecule has 3 rings (SSSR count). The van der Waals surface area contributed by atoms with Gasteiger partial charge >= 0.3 is 0 Å². The van der Waals surface area contributed by atoms with Crippen molar-refractivity contribution in [2.45, 2.75) is 25.7 Å². The molecule has 0 fully saturated rings. The molecule has 6 nitrogen and oxygen atoms in total. The number of hydrogen-bond donors (Lipinski definition) is 4. The Morgan fingerprint density at radius 3 is 2.45 bits per heavy atom. The highest BCUT2D eigenvalue weighted by Crippen LogP contribution is 2.15. The number of aryl methyl sites for hydroxylation is 1. The zero-order valence-corrected chi connectivity index (χ0v) is 16.9. The van der Waals surface area contributed by atoms with Crippen LogP contribution in [0.15, 0.2) is 60.8 Å². The Morgan fingerprint density at radius 2 is 1.69 bits per heavy atom.